The largest absolute Gasteiger partial charge is 0.493 e. The van der Waals surface area contributed by atoms with E-state index in [4.69, 9.17) is 14.2 Å². The van der Waals surface area contributed by atoms with Crippen molar-refractivity contribution in [3.05, 3.63) is 60.2 Å². The summed E-state index contributed by atoms with van der Waals surface area (Å²) in [6, 6.07) is 16.8. The van der Waals surface area contributed by atoms with Crippen molar-refractivity contribution in [2.24, 2.45) is 5.92 Å². The maximum atomic E-state index is 12.7. The van der Waals surface area contributed by atoms with Gasteiger partial charge in [-0.15, -0.1) is 0 Å². The van der Waals surface area contributed by atoms with Gasteiger partial charge in [0.05, 0.1) is 6.61 Å². The molecule has 2 fully saturated rings. The first-order valence-electron chi connectivity index (χ1n) is 12.6. The molecule has 2 aromatic rings. The molecule has 2 saturated heterocycles. The standard InChI is InChI=1S/C28H35N3O6/c1-28(2,3)37-27(34)29-14-13-22(17-29)20-35-24-11-9-23(10-12-24)31-16-15-30(18-25(31)32)26(33)36-19-21-7-5-4-6-8-21/h4-12,22H,13-20H2,1-3H3. The maximum absolute atomic E-state index is 12.7. The van der Waals surface area contributed by atoms with Crippen molar-refractivity contribution in [2.45, 2.75) is 39.4 Å². The number of benzene rings is 2. The lowest BCUT2D eigenvalue weighted by atomic mass is 10.1. The summed E-state index contributed by atoms with van der Waals surface area (Å²) in [5, 5.41) is 0. The van der Waals surface area contributed by atoms with Crippen molar-refractivity contribution in [1.29, 1.82) is 0 Å². The molecule has 37 heavy (non-hydrogen) atoms. The van der Waals surface area contributed by atoms with E-state index in [1.165, 1.54) is 4.90 Å². The molecule has 2 aliphatic heterocycles. The number of hydrogen-bond acceptors (Lipinski definition) is 6. The van der Waals surface area contributed by atoms with E-state index in [-0.39, 0.29) is 31.1 Å². The third-order valence-electron chi connectivity index (χ3n) is 6.26. The molecular weight excluding hydrogens is 474 g/mol. The van der Waals surface area contributed by atoms with Gasteiger partial charge in [-0.25, -0.2) is 9.59 Å². The number of likely N-dealkylation sites (tertiary alicyclic amines) is 1. The zero-order chi connectivity index (χ0) is 26.4. The highest BCUT2D eigenvalue weighted by Gasteiger charge is 2.31. The maximum Gasteiger partial charge on any atom is 0.410 e. The molecule has 198 valence electrons. The van der Waals surface area contributed by atoms with Crippen LogP contribution in [0.3, 0.4) is 0 Å². The Morgan fingerprint density at radius 3 is 2.32 bits per heavy atom. The van der Waals surface area contributed by atoms with Crippen molar-refractivity contribution in [3.8, 4) is 5.75 Å². The molecule has 0 spiro atoms. The third-order valence-corrected chi connectivity index (χ3v) is 6.26. The Morgan fingerprint density at radius 1 is 0.919 bits per heavy atom. The molecule has 1 unspecified atom stereocenters. The fourth-order valence-electron chi connectivity index (χ4n) is 4.31. The predicted octanol–water partition coefficient (Wildman–Crippen LogP) is 4.31. The SMILES string of the molecule is CC(C)(C)OC(=O)N1CCC(COc2ccc(N3CCN(C(=O)OCc4ccccc4)CC3=O)cc2)C1. The third kappa shape index (κ3) is 7.38. The molecule has 1 atom stereocenters. The lowest BCUT2D eigenvalue weighted by Gasteiger charge is -2.33. The first-order valence-corrected chi connectivity index (χ1v) is 12.6. The van der Waals surface area contributed by atoms with Crippen LogP contribution >= 0.6 is 0 Å². The van der Waals surface area contributed by atoms with Gasteiger partial charge in [0, 0.05) is 37.8 Å². The van der Waals surface area contributed by atoms with Gasteiger partial charge in [-0.05, 0) is 57.0 Å². The topological polar surface area (TPSA) is 88.6 Å². The summed E-state index contributed by atoms with van der Waals surface area (Å²) >= 11 is 0. The number of carbonyl (C=O) groups is 3. The van der Waals surface area contributed by atoms with Crippen molar-refractivity contribution in [3.63, 3.8) is 0 Å². The summed E-state index contributed by atoms with van der Waals surface area (Å²) in [6.07, 6.45) is 0.0930. The second kappa shape index (κ2) is 11.5. The first-order chi connectivity index (χ1) is 17.7. The zero-order valence-corrected chi connectivity index (χ0v) is 21.7. The summed E-state index contributed by atoms with van der Waals surface area (Å²) in [4.78, 5) is 42.2. The van der Waals surface area contributed by atoms with Crippen molar-refractivity contribution >= 4 is 23.8 Å². The van der Waals surface area contributed by atoms with E-state index in [0.29, 0.717) is 38.5 Å². The molecule has 9 heteroatoms. The summed E-state index contributed by atoms with van der Waals surface area (Å²) in [7, 11) is 0. The number of piperazine rings is 1. The number of amides is 3. The minimum Gasteiger partial charge on any atom is -0.493 e. The fraction of sp³-hybridized carbons (Fsp3) is 0.464. The summed E-state index contributed by atoms with van der Waals surface area (Å²) < 4.78 is 16.7. The highest BCUT2D eigenvalue weighted by atomic mass is 16.6. The van der Waals surface area contributed by atoms with Crippen molar-refractivity contribution in [1.82, 2.24) is 9.80 Å². The van der Waals surface area contributed by atoms with E-state index in [0.717, 1.165) is 17.7 Å². The number of carbonyl (C=O) groups excluding carboxylic acids is 3. The van der Waals surface area contributed by atoms with E-state index < -0.39 is 11.7 Å². The van der Waals surface area contributed by atoms with Gasteiger partial charge >= 0.3 is 12.2 Å². The smallest absolute Gasteiger partial charge is 0.410 e. The minimum atomic E-state index is -0.507. The highest BCUT2D eigenvalue weighted by molar-refractivity contribution is 5.97. The summed E-state index contributed by atoms with van der Waals surface area (Å²) in [6.45, 7) is 8.29. The van der Waals surface area contributed by atoms with Crippen LogP contribution in [0.15, 0.2) is 54.6 Å². The van der Waals surface area contributed by atoms with Gasteiger partial charge in [0.2, 0.25) is 5.91 Å². The van der Waals surface area contributed by atoms with E-state index in [1.807, 2.05) is 75.4 Å². The highest BCUT2D eigenvalue weighted by Crippen LogP contribution is 2.24. The molecule has 2 aromatic carbocycles. The van der Waals surface area contributed by atoms with Gasteiger partial charge in [-0.2, -0.15) is 0 Å². The van der Waals surface area contributed by atoms with E-state index >= 15 is 0 Å². The second-order valence-electron chi connectivity index (χ2n) is 10.4. The molecule has 2 heterocycles. The summed E-state index contributed by atoms with van der Waals surface area (Å²) in [5.41, 5.74) is 1.15. The van der Waals surface area contributed by atoms with Crippen LogP contribution in [0.5, 0.6) is 5.75 Å². The lowest BCUT2D eigenvalue weighted by molar-refractivity contribution is -0.120. The average molecular weight is 510 g/mol. The normalized spacial score (nSPS) is 18.1. The monoisotopic (exact) mass is 509 g/mol. The fourth-order valence-corrected chi connectivity index (χ4v) is 4.31. The van der Waals surface area contributed by atoms with E-state index in [2.05, 4.69) is 0 Å². The quantitative estimate of drug-likeness (QED) is 0.577. The Hall–Kier alpha value is -3.75. The molecule has 0 N–H and O–H groups in total. The number of nitrogens with zero attached hydrogens (tertiary/aromatic N) is 3. The van der Waals surface area contributed by atoms with Crippen molar-refractivity contribution in [2.75, 3.05) is 44.2 Å². The van der Waals surface area contributed by atoms with Crippen LogP contribution in [0.1, 0.15) is 32.8 Å². The van der Waals surface area contributed by atoms with Crippen LogP contribution in [0, 0.1) is 5.92 Å². The molecule has 0 bridgehead atoms. The lowest BCUT2D eigenvalue weighted by Crippen LogP contribution is -2.52. The van der Waals surface area contributed by atoms with Crippen LogP contribution in [0.4, 0.5) is 15.3 Å². The molecule has 2 aliphatic rings. The van der Waals surface area contributed by atoms with Gasteiger partial charge in [-0.3, -0.25) is 9.69 Å². The van der Waals surface area contributed by atoms with Crippen LogP contribution in [-0.2, 0) is 20.9 Å². The van der Waals surface area contributed by atoms with Crippen LogP contribution < -0.4 is 9.64 Å². The van der Waals surface area contributed by atoms with E-state index in [1.54, 1.807) is 9.80 Å². The molecular formula is C28H35N3O6. The van der Waals surface area contributed by atoms with Gasteiger partial charge in [-0.1, -0.05) is 30.3 Å². The van der Waals surface area contributed by atoms with Gasteiger partial charge in [0.25, 0.3) is 0 Å². The summed E-state index contributed by atoms with van der Waals surface area (Å²) in [5.74, 6) is 0.781. The van der Waals surface area contributed by atoms with Crippen LogP contribution in [-0.4, -0.2) is 72.8 Å². The molecule has 3 amide bonds. The minimum absolute atomic E-state index is 0.0261. The Morgan fingerprint density at radius 2 is 1.65 bits per heavy atom. The first kappa shape index (κ1) is 26.3. The molecule has 4 rings (SSSR count). The zero-order valence-electron chi connectivity index (χ0n) is 21.7. The average Bonchev–Trinajstić information content (AvgIpc) is 3.35. The van der Waals surface area contributed by atoms with E-state index in [9.17, 15) is 14.4 Å². The van der Waals surface area contributed by atoms with Crippen LogP contribution in [0.25, 0.3) is 0 Å². The Labute approximate surface area is 217 Å². The number of anilines is 1. The van der Waals surface area contributed by atoms with Gasteiger partial charge in [0.1, 0.15) is 24.5 Å². The Balaban J connectivity index is 1.21. The number of hydrogen-bond donors (Lipinski definition) is 0. The molecule has 0 aliphatic carbocycles. The second-order valence-corrected chi connectivity index (χ2v) is 10.4. The predicted molar refractivity (Wildman–Crippen MR) is 138 cm³/mol. The molecule has 9 nitrogen and oxygen atoms in total. The molecule has 0 radical (unpaired) electrons. The van der Waals surface area contributed by atoms with Gasteiger partial charge < -0.3 is 24.0 Å². The van der Waals surface area contributed by atoms with Crippen LogP contribution in [0.2, 0.25) is 0 Å². The molecule has 0 saturated carbocycles. The Bertz CT molecular complexity index is 1080. The number of rotatable bonds is 6. The molecule has 0 aromatic heterocycles. The number of ether oxygens (including phenoxy) is 3. The van der Waals surface area contributed by atoms with Gasteiger partial charge in [0.15, 0.2) is 0 Å². The Kier molecular flexibility index (Phi) is 8.21. The van der Waals surface area contributed by atoms with Crippen molar-refractivity contribution < 1.29 is 28.6 Å².